The van der Waals surface area contributed by atoms with Crippen LogP contribution in [0.25, 0.3) is 10.8 Å². The second-order valence-electron chi connectivity index (χ2n) is 4.96. The van der Waals surface area contributed by atoms with Gasteiger partial charge in [-0.3, -0.25) is 0 Å². The molecule has 5 nitrogen and oxygen atoms in total. The van der Waals surface area contributed by atoms with Gasteiger partial charge in [0.05, 0.1) is 12.9 Å². The van der Waals surface area contributed by atoms with E-state index in [1.807, 2.05) is 47.2 Å². The summed E-state index contributed by atoms with van der Waals surface area (Å²) in [5.74, 6) is 0.257. The molecule has 0 fully saturated rings. The van der Waals surface area contributed by atoms with Crippen LogP contribution in [0, 0.1) is 0 Å². The zero-order valence-electron chi connectivity index (χ0n) is 12.3. The molecular formula is C17H15BrN2O3. The minimum absolute atomic E-state index is 0.105. The Bertz CT molecular complexity index is 803. The van der Waals surface area contributed by atoms with Crippen molar-refractivity contribution in [2.45, 2.75) is 6.54 Å². The van der Waals surface area contributed by atoms with Gasteiger partial charge in [0.15, 0.2) is 6.61 Å². The van der Waals surface area contributed by atoms with E-state index in [2.05, 4.69) is 20.9 Å². The van der Waals surface area contributed by atoms with E-state index in [-0.39, 0.29) is 12.6 Å². The lowest BCUT2D eigenvalue weighted by molar-refractivity contribution is -0.146. The van der Waals surface area contributed by atoms with Crippen LogP contribution in [0.15, 0.2) is 59.6 Å². The first-order valence-electron chi connectivity index (χ1n) is 7.14. The Balaban J connectivity index is 1.49. The van der Waals surface area contributed by atoms with Crippen LogP contribution >= 0.6 is 15.9 Å². The molecule has 3 rings (SSSR count). The molecule has 0 aliphatic heterocycles. The lowest BCUT2D eigenvalue weighted by Gasteiger charge is -2.08. The highest BCUT2D eigenvalue weighted by atomic mass is 79.9. The van der Waals surface area contributed by atoms with Gasteiger partial charge in [0.1, 0.15) is 12.4 Å². The number of hydrogen-bond acceptors (Lipinski definition) is 4. The molecule has 0 spiro atoms. The zero-order valence-corrected chi connectivity index (χ0v) is 13.9. The van der Waals surface area contributed by atoms with Crippen LogP contribution in [-0.2, 0) is 16.1 Å². The first-order chi connectivity index (χ1) is 11.2. The molecular weight excluding hydrogens is 360 g/mol. The molecule has 6 heteroatoms. The monoisotopic (exact) mass is 374 g/mol. The smallest absolute Gasteiger partial charge is 0.344 e. The lowest BCUT2D eigenvalue weighted by Crippen LogP contribution is -2.17. The standard InChI is InChI=1S/C17H15BrN2O3/c18-15-3-1-14-10-16(4-2-13(14)9-15)23-11-17(21)22-8-7-20-6-5-19-12-20/h1-6,9-10,12H,7-8,11H2. The van der Waals surface area contributed by atoms with Crippen molar-refractivity contribution < 1.29 is 14.3 Å². The molecule has 0 saturated carbocycles. The fraction of sp³-hybridized carbons (Fsp3) is 0.176. The summed E-state index contributed by atoms with van der Waals surface area (Å²) in [6, 6.07) is 11.7. The van der Waals surface area contributed by atoms with Crippen LogP contribution in [-0.4, -0.2) is 28.7 Å². The van der Waals surface area contributed by atoms with Gasteiger partial charge in [-0.2, -0.15) is 0 Å². The van der Waals surface area contributed by atoms with Crippen molar-refractivity contribution in [2.24, 2.45) is 0 Å². The first kappa shape index (κ1) is 15.6. The van der Waals surface area contributed by atoms with Crippen LogP contribution in [0.4, 0.5) is 0 Å². The normalized spacial score (nSPS) is 10.7. The number of benzene rings is 2. The van der Waals surface area contributed by atoms with Gasteiger partial charge in [0.25, 0.3) is 0 Å². The number of fused-ring (bicyclic) bond motifs is 1. The van der Waals surface area contributed by atoms with Crippen molar-refractivity contribution in [3.63, 3.8) is 0 Å². The molecule has 0 aliphatic rings. The molecule has 0 aliphatic carbocycles. The highest BCUT2D eigenvalue weighted by Crippen LogP contribution is 2.24. The molecule has 0 atom stereocenters. The Kier molecular flexibility index (Phi) is 4.92. The van der Waals surface area contributed by atoms with Crippen molar-refractivity contribution in [3.05, 3.63) is 59.6 Å². The molecule has 118 valence electrons. The van der Waals surface area contributed by atoms with Gasteiger partial charge >= 0.3 is 5.97 Å². The summed E-state index contributed by atoms with van der Waals surface area (Å²) in [5, 5.41) is 2.16. The predicted molar refractivity (Wildman–Crippen MR) is 90.3 cm³/mol. The molecule has 23 heavy (non-hydrogen) atoms. The Morgan fingerprint density at radius 2 is 2.00 bits per heavy atom. The highest BCUT2D eigenvalue weighted by Gasteiger charge is 2.05. The minimum Gasteiger partial charge on any atom is -0.482 e. The van der Waals surface area contributed by atoms with Crippen LogP contribution in [0.2, 0.25) is 0 Å². The van der Waals surface area contributed by atoms with Gasteiger partial charge in [0.2, 0.25) is 0 Å². The number of halogens is 1. The molecule has 0 radical (unpaired) electrons. The summed E-state index contributed by atoms with van der Waals surface area (Å²) >= 11 is 3.44. The molecule has 0 bridgehead atoms. The maximum Gasteiger partial charge on any atom is 0.344 e. The molecule has 0 amide bonds. The molecule has 1 heterocycles. The first-order valence-corrected chi connectivity index (χ1v) is 7.93. The number of ether oxygens (including phenoxy) is 2. The Hall–Kier alpha value is -2.34. The fourth-order valence-corrected chi connectivity index (χ4v) is 2.53. The minimum atomic E-state index is -0.388. The summed E-state index contributed by atoms with van der Waals surface area (Å²) in [4.78, 5) is 15.6. The second-order valence-corrected chi connectivity index (χ2v) is 5.88. The molecule has 0 saturated heterocycles. The van der Waals surface area contributed by atoms with Crippen LogP contribution < -0.4 is 4.74 Å². The molecule has 1 aromatic heterocycles. The SMILES string of the molecule is O=C(COc1ccc2cc(Br)ccc2c1)OCCn1ccnc1. The third-order valence-corrected chi connectivity index (χ3v) is 3.80. The van der Waals surface area contributed by atoms with E-state index in [1.54, 1.807) is 12.5 Å². The Morgan fingerprint density at radius 3 is 2.83 bits per heavy atom. The number of carbonyl (C=O) groups excluding carboxylic acids is 1. The lowest BCUT2D eigenvalue weighted by atomic mass is 10.1. The molecule has 0 unspecified atom stereocenters. The third-order valence-electron chi connectivity index (χ3n) is 3.30. The van der Waals surface area contributed by atoms with E-state index in [0.29, 0.717) is 18.9 Å². The number of hydrogen-bond donors (Lipinski definition) is 0. The topological polar surface area (TPSA) is 53.4 Å². The van der Waals surface area contributed by atoms with Gasteiger partial charge in [-0.1, -0.05) is 28.1 Å². The van der Waals surface area contributed by atoms with Crippen molar-refractivity contribution >= 4 is 32.7 Å². The van der Waals surface area contributed by atoms with E-state index in [4.69, 9.17) is 9.47 Å². The number of rotatable bonds is 6. The van der Waals surface area contributed by atoms with Crippen LogP contribution in [0.1, 0.15) is 0 Å². The van der Waals surface area contributed by atoms with Crippen molar-refractivity contribution in [2.75, 3.05) is 13.2 Å². The average Bonchev–Trinajstić information content (AvgIpc) is 3.06. The predicted octanol–water partition coefficient (Wildman–Crippen LogP) is 3.42. The zero-order chi connectivity index (χ0) is 16.1. The highest BCUT2D eigenvalue weighted by molar-refractivity contribution is 9.10. The quantitative estimate of drug-likeness (QED) is 0.620. The van der Waals surface area contributed by atoms with E-state index in [0.717, 1.165) is 15.2 Å². The summed E-state index contributed by atoms with van der Waals surface area (Å²) in [7, 11) is 0. The molecule has 3 aromatic rings. The van der Waals surface area contributed by atoms with E-state index in [1.165, 1.54) is 0 Å². The molecule has 2 aromatic carbocycles. The van der Waals surface area contributed by atoms with Gasteiger partial charge < -0.3 is 14.0 Å². The van der Waals surface area contributed by atoms with Gasteiger partial charge in [0, 0.05) is 16.9 Å². The summed E-state index contributed by atoms with van der Waals surface area (Å²) in [6.45, 7) is 0.771. The van der Waals surface area contributed by atoms with Crippen molar-refractivity contribution in [3.8, 4) is 5.75 Å². The summed E-state index contributed by atoms with van der Waals surface area (Å²) < 4.78 is 13.5. The number of nitrogens with zero attached hydrogens (tertiary/aromatic N) is 2. The number of aromatic nitrogens is 2. The third kappa shape index (κ3) is 4.32. The van der Waals surface area contributed by atoms with Crippen molar-refractivity contribution in [1.82, 2.24) is 9.55 Å². The molecule has 0 N–H and O–H groups in total. The van der Waals surface area contributed by atoms with Gasteiger partial charge in [-0.15, -0.1) is 0 Å². The number of imidazole rings is 1. The summed E-state index contributed by atoms with van der Waals surface area (Å²) in [5.41, 5.74) is 0. The largest absolute Gasteiger partial charge is 0.482 e. The van der Waals surface area contributed by atoms with Crippen molar-refractivity contribution in [1.29, 1.82) is 0 Å². The number of carbonyl (C=O) groups is 1. The maximum absolute atomic E-state index is 11.7. The summed E-state index contributed by atoms with van der Waals surface area (Å²) in [6.07, 6.45) is 5.18. The number of esters is 1. The fourth-order valence-electron chi connectivity index (χ4n) is 2.15. The van der Waals surface area contributed by atoms with Gasteiger partial charge in [-0.25, -0.2) is 9.78 Å². The van der Waals surface area contributed by atoms with E-state index >= 15 is 0 Å². The van der Waals surface area contributed by atoms with E-state index in [9.17, 15) is 4.79 Å². The second kappa shape index (κ2) is 7.28. The maximum atomic E-state index is 11.7. The van der Waals surface area contributed by atoms with Crippen LogP contribution in [0.3, 0.4) is 0 Å². The van der Waals surface area contributed by atoms with Gasteiger partial charge in [-0.05, 0) is 35.0 Å². The van der Waals surface area contributed by atoms with E-state index < -0.39 is 0 Å². The average molecular weight is 375 g/mol. The Morgan fingerprint density at radius 1 is 1.17 bits per heavy atom. The van der Waals surface area contributed by atoms with Crippen LogP contribution in [0.5, 0.6) is 5.75 Å². The Labute approximate surface area is 142 Å².